The first-order valence-electron chi connectivity index (χ1n) is 6.13. The molecule has 2 nitrogen and oxygen atoms in total. The zero-order chi connectivity index (χ0) is 14.3. The number of aliphatic hydroxyl groups excluding tert-OH is 1. The minimum atomic E-state index is -0.695. The second-order valence-corrected chi connectivity index (χ2v) is 6.06. The highest BCUT2D eigenvalue weighted by atomic mass is 79.9. The summed E-state index contributed by atoms with van der Waals surface area (Å²) in [6.45, 7) is 0. The fourth-order valence-corrected chi connectivity index (χ4v) is 2.93. The Bertz CT molecular complexity index is 662. The fraction of sp³-hybridized carbons (Fsp3) is 0.200. The van der Waals surface area contributed by atoms with E-state index in [2.05, 4.69) is 15.9 Å². The van der Waals surface area contributed by atoms with Crippen LogP contribution in [0.3, 0.4) is 0 Å². The maximum absolute atomic E-state index is 13.9. The van der Waals surface area contributed by atoms with Crippen LogP contribution in [0.15, 0.2) is 40.9 Å². The van der Waals surface area contributed by atoms with Crippen molar-refractivity contribution in [3.63, 3.8) is 0 Å². The number of benzene rings is 2. The molecule has 2 aromatic rings. The van der Waals surface area contributed by atoms with Crippen LogP contribution in [0.25, 0.3) is 0 Å². The molecule has 0 radical (unpaired) electrons. The molecule has 20 heavy (non-hydrogen) atoms. The average molecular weight is 358 g/mol. The van der Waals surface area contributed by atoms with Crippen LogP contribution in [0.5, 0.6) is 5.75 Å². The number of hydrogen-bond acceptors (Lipinski definition) is 2. The fourth-order valence-electron chi connectivity index (χ4n) is 2.37. The quantitative estimate of drug-likeness (QED) is 0.794. The van der Waals surface area contributed by atoms with Gasteiger partial charge in [0.15, 0.2) is 0 Å². The molecular weight excluding hydrogens is 347 g/mol. The molecule has 0 saturated heterocycles. The molecule has 2 aromatic carbocycles. The predicted molar refractivity (Wildman–Crippen MR) is 78.5 cm³/mol. The molecule has 1 unspecified atom stereocenters. The van der Waals surface area contributed by atoms with E-state index in [1.165, 1.54) is 18.2 Å². The van der Waals surface area contributed by atoms with E-state index in [1.54, 1.807) is 6.07 Å². The first-order valence-corrected chi connectivity index (χ1v) is 7.31. The first kappa shape index (κ1) is 13.9. The molecule has 0 amide bonds. The van der Waals surface area contributed by atoms with Crippen molar-refractivity contribution < 1.29 is 14.2 Å². The Hall–Kier alpha value is -1.10. The van der Waals surface area contributed by atoms with E-state index < -0.39 is 12.2 Å². The van der Waals surface area contributed by atoms with E-state index in [0.717, 1.165) is 4.47 Å². The van der Waals surface area contributed by atoms with Crippen molar-refractivity contribution in [2.24, 2.45) is 0 Å². The molecule has 0 spiro atoms. The van der Waals surface area contributed by atoms with Crippen LogP contribution in [0.1, 0.15) is 29.8 Å². The molecule has 3 rings (SSSR count). The van der Waals surface area contributed by atoms with E-state index in [4.69, 9.17) is 16.3 Å². The van der Waals surface area contributed by atoms with Crippen LogP contribution in [-0.2, 0) is 0 Å². The van der Waals surface area contributed by atoms with Gasteiger partial charge in [-0.25, -0.2) is 4.39 Å². The minimum absolute atomic E-state index is 0.292. The molecule has 104 valence electrons. The first-order chi connectivity index (χ1) is 9.54. The highest BCUT2D eigenvalue weighted by molar-refractivity contribution is 9.10. The smallest absolute Gasteiger partial charge is 0.130 e. The van der Waals surface area contributed by atoms with Crippen LogP contribution < -0.4 is 4.74 Å². The van der Waals surface area contributed by atoms with Crippen molar-refractivity contribution >= 4 is 27.5 Å². The third-order valence-electron chi connectivity index (χ3n) is 3.34. The number of fused-ring (bicyclic) bond motifs is 1. The van der Waals surface area contributed by atoms with Crippen molar-refractivity contribution in [2.75, 3.05) is 0 Å². The molecule has 2 atom stereocenters. The van der Waals surface area contributed by atoms with Gasteiger partial charge < -0.3 is 9.84 Å². The lowest BCUT2D eigenvalue weighted by atomic mass is 9.95. The van der Waals surface area contributed by atoms with Gasteiger partial charge in [0.25, 0.3) is 0 Å². The third kappa shape index (κ3) is 2.55. The molecule has 1 aliphatic heterocycles. The van der Waals surface area contributed by atoms with Crippen molar-refractivity contribution in [1.29, 1.82) is 0 Å². The Morgan fingerprint density at radius 2 is 2.00 bits per heavy atom. The van der Waals surface area contributed by atoms with Gasteiger partial charge in [0.05, 0.1) is 6.10 Å². The number of rotatable bonds is 1. The molecule has 0 fully saturated rings. The second kappa shape index (κ2) is 5.35. The maximum atomic E-state index is 13.9. The summed E-state index contributed by atoms with van der Waals surface area (Å²) in [7, 11) is 0. The van der Waals surface area contributed by atoms with Crippen LogP contribution in [0.4, 0.5) is 4.39 Å². The lowest BCUT2D eigenvalue weighted by Crippen LogP contribution is -2.20. The highest BCUT2D eigenvalue weighted by Crippen LogP contribution is 2.42. The van der Waals surface area contributed by atoms with Gasteiger partial charge in [-0.1, -0.05) is 27.5 Å². The summed E-state index contributed by atoms with van der Waals surface area (Å²) in [5.41, 5.74) is 1.07. The van der Waals surface area contributed by atoms with Crippen molar-refractivity contribution in [2.45, 2.75) is 18.6 Å². The number of aliphatic hydroxyl groups is 1. The summed E-state index contributed by atoms with van der Waals surface area (Å²) in [6, 6.07) is 9.73. The summed E-state index contributed by atoms with van der Waals surface area (Å²) < 4.78 is 20.6. The SMILES string of the molecule is O[C@H]1CC(c2cc(Cl)ccc2F)Oc2ccc(Br)cc21. The topological polar surface area (TPSA) is 29.5 Å². The van der Waals surface area contributed by atoms with Gasteiger partial charge in [0.1, 0.15) is 17.7 Å². The van der Waals surface area contributed by atoms with Gasteiger partial charge in [-0.3, -0.25) is 0 Å². The van der Waals surface area contributed by atoms with Crippen molar-refractivity contribution in [3.05, 3.63) is 62.8 Å². The zero-order valence-corrected chi connectivity index (χ0v) is 12.7. The normalized spacial score (nSPS) is 21.2. The van der Waals surface area contributed by atoms with E-state index in [-0.39, 0.29) is 5.82 Å². The summed E-state index contributed by atoms with van der Waals surface area (Å²) >= 11 is 9.26. The Morgan fingerprint density at radius 3 is 2.80 bits per heavy atom. The van der Waals surface area contributed by atoms with Gasteiger partial charge >= 0.3 is 0 Å². The van der Waals surface area contributed by atoms with Gasteiger partial charge in [0.2, 0.25) is 0 Å². The third-order valence-corrected chi connectivity index (χ3v) is 4.07. The van der Waals surface area contributed by atoms with Crippen molar-refractivity contribution in [3.8, 4) is 5.75 Å². The summed E-state index contributed by atoms with van der Waals surface area (Å²) in [6.07, 6.45) is -0.947. The van der Waals surface area contributed by atoms with Gasteiger partial charge in [-0.15, -0.1) is 0 Å². The molecule has 0 saturated carbocycles. The Labute approximate surface area is 129 Å². The molecule has 0 aromatic heterocycles. The van der Waals surface area contributed by atoms with Gasteiger partial charge in [0, 0.05) is 27.0 Å². The molecule has 5 heteroatoms. The lowest BCUT2D eigenvalue weighted by molar-refractivity contribution is 0.0639. The van der Waals surface area contributed by atoms with E-state index in [1.807, 2.05) is 12.1 Å². The van der Waals surface area contributed by atoms with E-state index in [9.17, 15) is 9.50 Å². The molecule has 1 aliphatic rings. The second-order valence-electron chi connectivity index (χ2n) is 4.71. The largest absolute Gasteiger partial charge is 0.485 e. The molecule has 0 bridgehead atoms. The van der Waals surface area contributed by atoms with Crippen LogP contribution in [0, 0.1) is 5.82 Å². The number of hydrogen-bond donors (Lipinski definition) is 1. The van der Waals surface area contributed by atoms with Gasteiger partial charge in [-0.2, -0.15) is 0 Å². The average Bonchev–Trinajstić information content (AvgIpc) is 2.42. The monoisotopic (exact) mass is 356 g/mol. The highest BCUT2D eigenvalue weighted by Gasteiger charge is 2.29. The van der Waals surface area contributed by atoms with Crippen LogP contribution >= 0.6 is 27.5 Å². The van der Waals surface area contributed by atoms with E-state index >= 15 is 0 Å². The molecular formula is C15H11BrClFO2. The Morgan fingerprint density at radius 1 is 1.20 bits per heavy atom. The Kier molecular flexibility index (Phi) is 3.71. The standard InChI is InChI=1S/C15H11BrClFO2/c16-8-1-4-14-11(5-8)13(19)7-15(20-14)10-6-9(17)2-3-12(10)18/h1-6,13,15,19H,7H2/t13-,15?/m0/s1. The maximum Gasteiger partial charge on any atom is 0.130 e. The van der Waals surface area contributed by atoms with Crippen LogP contribution in [0.2, 0.25) is 5.02 Å². The summed E-state index contributed by atoms with van der Waals surface area (Å²) in [5, 5.41) is 10.7. The molecule has 1 N–H and O–H groups in total. The lowest BCUT2D eigenvalue weighted by Gasteiger charge is -2.30. The number of ether oxygens (including phenoxy) is 1. The summed E-state index contributed by atoms with van der Waals surface area (Å²) in [5.74, 6) is 0.184. The van der Waals surface area contributed by atoms with Crippen molar-refractivity contribution in [1.82, 2.24) is 0 Å². The van der Waals surface area contributed by atoms with Gasteiger partial charge in [-0.05, 0) is 36.4 Å². The molecule has 1 heterocycles. The minimum Gasteiger partial charge on any atom is -0.485 e. The molecule has 0 aliphatic carbocycles. The van der Waals surface area contributed by atoms with Crippen LogP contribution in [-0.4, -0.2) is 5.11 Å². The summed E-state index contributed by atoms with van der Waals surface area (Å²) in [4.78, 5) is 0. The zero-order valence-electron chi connectivity index (χ0n) is 10.3. The number of halogens is 3. The Balaban J connectivity index is 1.99. The van der Waals surface area contributed by atoms with E-state index in [0.29, 0.717) is 28.3 Å². The predicted octanol–water partition coefficient (Wildman–Crippen LogP) is 4.80.